The van der Waals surface area contributed by atoms with Gasteiger partial charge >= 0.3 is 6.03 Å². The zero-order chi connectivity index (χ0) is 25.4. The Morgan fingerprint density at radius 3 is 2.66 bits per heavy atom. The smallest absolute Gasteiger partial charge is 0.324 e. The van der Waals surface area contributed by atoms with Crippen molar-refractivity contribution >= 4 is 22.0 Å². The number of methoxy groups -OCH3 is 1. The minimum absolute atomic E-state index is 0.0454. The highest BCUT2D eigenvalue weighted by atomic mass is 32.2. The molecule has 1 aromatic carbocycles. The van der Waals surface area contributed by atoms with Crippen LogP contribution < -0.4 is 14.8 Å². The zero-order valence-corrected chi connectivity index (χ0v) is 21.2. The molecule has 2 N–H and O–H groups in total. The molecule has 35 heavy (non-hydrogen) atoms. The quantitative estimate of drug-likeness (QED) is 0.260. The number of urea groups is 1. The van der Waals surface area contributed by atoms with Crippen LogP contribution in [-0.4, -0.2) is 64.4 Å². The third-order valence-corrected chi connectivity index (χ3v) is 7.79. The average Bonchev–Trinajstić information content (AvgIpc) is 3.58. The molecule has 2 atom stereocenters. The molecular weight excluding hydrogens is 477 g/mol. The maximum absolute atomic E-state index is 14.3. The lowest BCUT2D eigenvalue weighted by atomic mass is 9.93. The molecule has 0 aromatic heterocycles. The fourth-order valence-corrected chi connectivity index (χ4v) is 5.44. The topological polar surface area (TPSA) is 114 Å². The summed E-state index contributed by atoms with van der Waals surface area (Å²) < 4.78 is 53.8. The van der Waals surface area contributed by atoms with Crippen LogP contribution in [0, 0.1) is 17.7 Å². The minimum Gasteiger partial charge on any atom is -0.490 e. The molecule has 1 aromatic rings. The Balaban J connectivity index is 1.58. The summed E-state index contributed by atoms with van der Waals surface area (Å²) in [6, 6.07) is 3.55. The van der Waals surface area contributed by atoms with Crippen molar-refractivity contribution < 1.29 is 31.9 Å². The number of hydrogen-bond acceptors (Lipinski definition) is 6. The Hall–Kier alpha value is -2.24. The van der Waals surface area contributed by atoms with E-state index >= 15 is 0 Å². The van der Waals surface area contributed by atoms with Crippen LogP contribution in [0.3, 0.4) is 0 Å². The standard InChI is InChI=1S/C24H36FN3O6S/c1-17(10-12-33-2)23(19-8-9-20(25)21(14-19)34-16-18-6-7-18)27-35(31,32)13-5-3-4-11-28-15-22(29)26-24(28)30/h8-9,14,17-18,23,27H,3-7,10-13,15-16H2,1-2H3,(H,26,29,30). The van der Waals surface area contributed by atoms with Gasteiger partial charge in [-0.3, -0.25) is 10.1 Å². The Bertz CT molecular complexity index is 985. The number of imide groups is 1. The predicted molar refractivity (Wildman–Crippen MR) is 129 cm³/mol. The zero-order valence-electron chi connectivity index (χ0n) is 20.4. The van der Waals surface area contributed by atoms with Gasteiger partial charge in [0.25, 0.3) is 0 Å². The first-order valence-corrected chi connectivity index (χ1v) is 13.8. The van der Waals surface area contributed by atoms with Crippen molar-refractivity contribution in [2.75, 3.05) is 39.2 Å². The van der Waals surface area contributed by atoms with Crippen molar-refractivity contribution in [3.8, 4) is 5.75 Å². The average molecular weight is 514 g/mol. The van der Waals surface area contributed by atoms with E-state index in [1.807, 2.05) is 6.92 Å². The van der Waals surface area contributed by atoms with Gasteiger partial charge in [-0.15, -0.1) is 0 Å². The summed E-state index contributed by atoms with van der Waals surface area (Å²) in [5, 5.41) is 2.22. The van der Waals surface area contributed by atoms with E-state index in [1.165, 1.54) is 11.0 Å². The molecule has 0 radical (unpaired) electrons. The first-order valence-electron chi connectivity index (χ1n) is 12.2. The summed E-state index contributed by atoms with van der Waals surface area (Å²) in [5.74, 6) is -0.350. The van der Waals surface area contributed by atoms with Gasteiger partial charge in [0, 0.05) is 26.3 Å². The number of rotatable bonds is 16. The Morgan fingerprint density at radius 2 is 2.00 bits per heavy atom. The summed E-state index contributed by atoms with van der Waals surface area (Å²) in [5.41, 5.74) is 0.647. The largest absolute Gasteiger partial charge is 0.490 e. The van der Waals surface area contributed by atoms with Gasteiger partial charge in [0.2, 0.25) is 15.9 Å². The van der Waals surface area contributed by atoms with Crippen molar-refractivity contribution in [1.82, 2.24) is 14.9 Å². The third kappa shape index (κ3) is 8.73. The number of halogens is 1. The highest BCUT2D eigenvalue weighted by Crippen LogP contribution is 2.33. The van der Waals surface area contributed by atoms with Gasteiger partial charge in [0.15, 0.2) is 11.6 Å². The van der Waals surface area contributed by atoms with E-state index in [2.05, 4.69) is 10.0 Å². The Morgan fingerprint density at radius 1 is 1.23 bits per heavy atom. The molecule has 2 fully saturated rings. The molecule has 1 heterocycles. The fourth-order valence-electron chi connectivity index (χ4n) is 3.99. The van der Waals surface area contributed by atoms with Crippen LogP contribution in [0.2, 0.25) is 0 Å². The lowest BCUT2D eigenvalue weighted by molar-refractivity contribution is -0.118. The molecular formula is C24H36FN3O6S. The van der Waals surface area contributed by atoms with Crippen LogP contribution in [-0.2, 0) is 19.6 Å². The summed E-state index contributed by atoms with van der Waals surface area (Å²) in [7, 11) is -2.04. The van der Waals surface area contributed by atoms with Gasteiger partial charge in [-0.2, -0.15) is 0 Å². The van der Waals surface area contributed by atoms with E-state index in [0.29, 0.717) is 56.9 Å². The molecule has 1 aliphatic carbocycles. The first-order chi connectivity index (χ1) is 16.7. The van der Waals surface area contributed by atoms with Crippen molar-refractivity contribution in [2.45, 2.75) is 51.5 Å². The fraction of sp³-hybridized carbons (Fsp3) is 0.667. The summed E-state index contributed by atoms with van der Waals surface area (Å²) in [6.45, 7) is 3.31. The predicted octanol–water partition coefficient (Wildman–Crippen LogP) is 2.97. The first kappa shape index (κ1) is 27.3. The molecule has 2 aliphatic rings. The number of unbranched alkanes of at least 4 members (excludes halogenated alkanes) is 2. The Kier molecular flexibility index (Phi) is 9.88. The van der Waals surface area contributed by atoms with E-state index < -0.39 is 27.9 Å². The van der Waals surface area contributed by atoms with Crippen LogP contribution in [0.1, 0.15) is 57.1 Å². The number of amides is 3. The van der Waals surface area contributed by atoms with E-state index in [0.717, 1.165) is 12.8 Å². The maximum atomic E-state index is 14.3. The van der Waals surface area contributed by atoms with Crippen LogP contribution in [0.25, 0.3) is 0 Å². The second-order valence-corrected chi connectivity index (χ2v) is 11.3. The summed E-state index contributed by atoms with van der Waals surface area (Å²) in [4.78, 5) is 24.2. The number of sulfonamides is 1. The lowest BCUT2D eigenvalue weighted by Crippen LogP contribution is -2.35. The second-order valence-electron chi connectivity index (χ2n) is 9.45. The maximum Gasteiger partial charge on any atom is 0.324 e. The molecule has 1 saturated heterocycles. The number of nitrogens with one attached hydrogen (secondary N) is 2. The number of carbonyl (C=O) groups excluding carboxylic acids is 2. The molecule has 2 unspecified atom stereocenters. The van der Waals surface area contributed by atoms with E-state index in [1.54, 1.807) is 19.2 Å². The van der Waals surface area contributed by atoms with Crippen LogP contribution in [0.4, 0.5) is 9.18 Å². The van der Waals surface area contributed by atoms with Crippen molar-refractivity contribution in [3.63, 3.8) is 0 Å². The number of hydrogen-bond donors (Lipinski definition) is 2. The normalized spacial score (nSPS) is 18.0. The van der Waals surface area contributed by atoms with Gasteiger partial charge < -0.3 is 14.4 Å². The SMILES string of the molecule is COCCC(C)C(NS(=O)(=O)CCCCCN1CC(=O)NC1=O)c1ccc(F)c(OCC2CC2)c1. The van der Waals surface area contributed by atoms with Gasteiger partial charge in [0.05, 0.1) is 12.4 Å². The van der Waals surface area contributed by atoms with E-state index in [-0.39, 0.29) is 29.9 Å². The van der Waals surface area contributed by atoms with Crippen LogP contribution in [0.15, 0.2) is 18.2 Å². The summed E-state index contributed by atoms with van der Waals surface area (Å²) >= 11 is 0. The van der Waals surface area contributed by atoms with Gasteiger partial charge in [-0.25, -0.2) is 22.3 Å². The number of carbonyl (C=O) groups is 2. The summed E-state index contributed by atoms with van der Waals surface area (Å²) in [6.07, 6.45) is 4.40. The number of nitrogens with zero attached hydrogens (tertiary/aromatic N) is 1. The third-order valence-electron chi connectivity index (χ3n) is 6.35. The number of benzene rings is 1. The van der Waals surface area contributed by atoms with Crippen molar-refractivity contribution in [3.05, 3.63) is 29.6 Å². The molecule has 3 amide bonds. The van der Waals surface area contributed by atoms with E-state index in [4.69, 9.17) is 9.47 Å². The molecule has 0 spiro atoms. The number of ether oxygens (including phenoxy) is 2. The molecule has 11 heteroatoms. The Labute approximate surface area is 206 Å². The molecule has 3 rings (SSSR count). The highest BCUT2D eigenvalue weighted by molar-refractivity contribution is 7.89. The van der Waals surface area contributed by atoms with Crippen LogP contribution in [0.5, 0.6) is 5.75 Å². The van der Waals surface area contributed by atoms with Crippen LogP contribution >= 0.6 is 0 Å². The lowest BCUT2D eigenvalue weighted by Gasteiger charge is -2.26. The highest BCUT2D eigenvalue weighted by Gasteiger charge is 2.28. The van der Waals surface area contributed by atoms with Crippen molar-refractivity contribution in [2.24, 2.45) is 11.8 Å². The van der Waals surface area contributed by atoms with Gasteiger partial charge in [0.1, 0.15) is 6.54 Å². The molecule has 9 nitrogen and oxygen atoms in total. The molecule has 1 aliphatic heterocycles. The van der Waals surface area contributed by atoms with Gasteiger partial charge in [-0.1, -0.05) is 19.4 Å². The minimum atomic E-state index is -3.63. The van der Waals surface area contributed by atoms with Crippen molar-refractivity contribution in [1.29, 1.82) is 0 Å². The molecule has 0 bridgehead atoms. The molecule has 1 saturated carbocycles. The molecule has 196 valence electrons. The van der Waals surface area contributed by atoms with Gasteiger partial charge in [-0.05, 0) is 61.6 Å². The monoisotopic (exact) mass is 513 g/mol. The van der Waals surface area contributed by atoms with E-state index in [9.17, 15) is 22.4 Å². The second kappa shape index (κ2) is 12.6.